The quantitative estimate of drug-likeness (QED) is 0.675. The maximum atomic E-state index is 12.6. The molecule has 1 aliphatic heterocycles. The molecule has 1 aromatic rings. The number of aliphatic hydroxyl groups is 1. The molecule has 3 amide bonds. The number of nitrogens with one attached hydrogen (secondary N) is 2. The standard InChI is InChI=1S/C19H27N3O4/c1-13(21-14(2)23)19(26)22-12-16(24)8-9-17(22)18(25)20-11-10-15-6-4-3-5-7-15/h3-7,13,16-17,24H,8-12H2,1-2H3,(H,20,25)(H,21,23)/t13-,16+,17-/m0/s1. The predicted octanol–water partition coefficient (Wildman–Crippen LogP) is 0.222. The van der Waals surface area contributed by atoms with E-state index in [1.54, 1.807) is 6.92 Å². The summed E-state index contributed by atoms with van der Waals surface area (Å²) in [5, 5.41) is 15.3. The zero-order valence-electron chi connectivity index (χ0n) is 15.3. The van der Waals surface area contributed by atoms with Gasteiger partial charge < -0.3 is 20.6 Å². The van der Waals surface area contributed by atoms with Gasteiger partial charge in [-0.15, -0.1) is 0 Å². The van der Waals surface area contributed by atoms with Gasteiger partial charge in [-0.1, -0.05) is 30.3 Å². The van der Waals surface area contributed by atoms with E-state index >= 15 is 0 Å². The number of β-amino-alcohol motifs (C(OH)–C–C–N with tert-alkyl or cyclic N) is 1. The van der Waals surface area contributed by atoms with E-state index in [2.05, 4.69) is 10.6 Å². The van der Waals surface area contributed by atoms with Crippen molar-refractivity contribution in [2.75, 3.05) is 13.1 Å². The summed E-state index contributed by atoms with van der Waals surface area (Å²) in [6.45, 7) is 3.49. The number of piperidine rings is 1. The number of carbonyl (C=O) groups excluding carboxylic acids is 3. The van der Waals surface area contributed by atoms with Crippen LogP contribution in [-0.2, 0) is 20.8 Å². The molecule has 26 heavy (non-hydrogen) atoms. The summed E-state index contributed by atoms with van der Waals surface area (Å²) < 4.78 is 0. The lowest BCUT2D eigenvalue weighted by molar-refractivity contribution is -0.147. The number of rotatable bonds is 6. The van der Waals surface area contributed by atoms with Crippen LogP contribution in [0.5, 0.6) is 0 Å². The summed E-state index contributed by atoms with van der Waals surface area (Å²) in [5.74, 6) is -0.898. The lowest BCUT2D eigenvalue weighted by atomic mass is 9.98. The highest BCUT2D eigenvalue weighted by atomic mass is 16.3. The SMILES string of the molecule is CC(=O)N[C@@H](C)C(=O)N1C[C@H](O)CC[C@H]1C(=O)NCCc1ccccc1. The molecule has 1 saturated heterocycles. The molecule has 0 unspecified atom stereocenters. The Labute approximate surface area is 153 Å². The van der Waals surface area contributed by atoms with Crippen LogP contribution < -0.4 is 10.6 Å². The Kier molecular flexibility index (Phi) is 7.15. The number of likely N-dealkylation sites (tertiary alicyclic amines) is 1. The molecule has 0 aromatic heterocycles. The topological polar surface area (TPSA) is 98.7 Å². The zero-order chi connectivity index (χ0) is 19.1. The molecule has 142 valence electrons. The van der Waals surface area contributed by atoms with E-state index in [1.807, 2.05) is 30.3 Å². The van der Waals surface area contributed by atoms with Gasteiger partial charge in [-0.25, -0.2) is 0 Å². The first kappa shape index (κ1) is 19.9. The van der Waals surface area contributed by atoms with Crippen LogP contribution in [0.25, 0.3) is 0 Å². The highest BCUT2D eigenvalue weighted by molar-refractivity contribution is 5.91. The predicted molar refractivity (Wildman–Crippen MR) is 97.2 cm³/mol. The first-order chi connectivity index (χ1) is 12.4. The van der Waals surface area contributed by atoms with Gasteiger partial charge in [0.2, 0.25) is 17.7 Å². The first-order valence-corrected chi connectivity index (χ1v) is 8.95. The molecule has 0 saturated carbocycles. The van der Waals surface area contributed by atoms with Crippen LogP contribution in [0, 0.1) is 0 Å². The van der Waals surface area contributed by atoms with Crippen molar-refractivity contribution < 1.29 is 19.5 Å². The van der Waals surface area contributed by atoms with Crippen LogP contribution in [0.3, 0.4) is 0 Å². The molecular formula is C19H27N3O4. The molecule has 0 spiro atoms. The molecule has 1 fully saturated rings. The van der Waals surface area contributed by atoms with Gasteiger partial charge in [-0.3, -0.25) is 14.4 Å². The maximum Gasteiger partial charge on any atom is 0.245 e. The molecule has 7 heteroatoms. The molecule has 3 atom stereocenters. The second-order valence-corrected chi connectivity index (χ2v) is 6.69. The fraction of sp³-hybridized carbons (Fsp3) is 0.526. The summed E-state index contributed by atoms with van der Waals surface area (Å²) in [6, 6.07) is 8.46. The highest BCUT2D eigenvalue weighted by Gasteiger charge is 2.37. The smallest absolute Gasteiger partial charge is 0.245 e. The number of hydrogen-bond acceptors (Lipinski definition) is 4. The molecule has 0 bridgehead atoms. The van der Waals surface area contributed by atoms with Crippen LogP contribution >= 0.6 is 0 Å². The molecule has 3 N–H and O–H groups in total. The van der Waals surface area contributed by atoms with Crippen LogP contribution in [0.15, 0.2) is 30.3 Å². The Morgan fingerprint density at radius 1 is 1.23 bits per heavy atom. The Balaban J connectivity index is 1.95. The van der Waals surface area contributed by atoms with E-state index in [0.717, 1.165) is 5.56 Å². The minimum Gasteiger partial charge on any atom is -0.391 e. The average molecular weight is 361 g/mol. The van der Waals surface area contributed by atoms with E-state index in [0.29, 0.717) is 25.8 Å². The summed E-state index contributed by atoms with van der Waals surface area (Å²) in [7, 11) is 0. The van der Waals surface area contributed by atoms with Crippen LogP contribution in [0.1, 0.15) is 32.3 Å². The number of aliphatic hydroxyl groups excluding tert-OH is 1. The summed E-state index contributed by atoms with van der Waals surface area (Å²) >= 11 is 0. The fourth-order valence-corrected chi connectivity index (χ4v) is 3.18. The minimum atomic E-state index is -0.739. The van der Waals surface area contributed by atoms with E-state index in [4.69, 9.17) is 0 Å². The van der Waals surface area contributed by atoms with Gasteiger partial charge in [-0.05, 0) is 31.7 Å². The zero-order valence-corrected chi connectivity index (χ0v) is 15.3. The monoisotopic (exact) mass is 361 g/mol. The second kappa shape index (κ2) is 9.33. The van der Waals surface area contributed by atoms with Gasteiger partial charge in [0.1, 0.15) is 12.1 Å². The lowest BCUT2D eigenvalue weighted by Gasteiger charge is -2.38. The maximum absolute atomic E-state index is 12.6. The van der Waals surface area contributed by atoms with Gasteiger partial charge in [-0.2, -0.15) is 0 Å². The summed E-state index contributed by atoms with van der Waals surface area (Å²) in [6.07, 6.45) is 0.918. The molecule has 1 aromatic carbocycles. The molecular weight excluding hydrogens is 334 g/mol. The third-order valence-corrected chi connectivity index (χ3v) is 4.49. The first-order valence-electron chi connectivity index (χ1n) is 8.95. The van der Waals surface area contributed by atoms with Crippen LogP contribution in [-0.4, -0.2) is 59.0 Å². The Morgan fingerprint density at radius 2 is 1.92 bits per heavy atom. The average Bonchev–Trinajstić information content (AvgIpc) is 2.61. The van der Waals surface area contributed by atoms with Gasteiger partial charge in [0.05, 0.1) is 6.10 Å². The number of amides is 3. The van der Waals surface area contributed by atoms with Gasteiger partial charge in [0.25, 0.3) is 0 Å². The largest absolute Gasteiger partial charge is 0.391 e. The third-order valence-electron chi connectivity index (χ3n) is 4.49. The minimum absolute atomic E-state index is 0.0968. The lowest BCUT2D eigenvalue weighted by Crippen LogP contribution is -2.59. The van der Waals surface area contributed by atoms with Crippen molar-refractivity contribution in [2.24, 2.45) is 0 Å². The van der Waals surface area contributed by atoms with Crippen molar-refractivity contribution in [1.82, 2.24) is 15.5 Å². The van der Waals surface area contributed by atoms with Crippen molar-refractivity contribution in [3.8, 4) is 0 Å². The molecule has 1 aliphatic rings. The van der Waals surface area contributed by atoms with E-state index in [9.17, 15) is 19.5 Å². The Morgan fingerprint density at radius 3 is 2.58 bits per heavy atom. The van der Waals surface area contributed by atoms with Crippen LogP contribution in [0.4, 0.5) is 0 Å². The molecule has 7 nitrogen and oxygen atoms in total. The highest BCUT2D eigenvalue weighted by Crippen LogP contribution is 2.19. The van der Waals surface area contributed by atoms with Crippen LogP contribution in [0.2, 0.25) is 0 Å². The van der Waals surface area contributed by atoms with Gasteiger partial charge >= 0.3 is 0 Å². The van der Waals surface area contributed by atoms with Crippen molar-refractivity contribution in [1.29, 1.82) is 0 Å². The van der Waals surface area contributed by atoms with E-state index in [1.165, 1.54) is 11.8 Å². The molecule has 0 radical (unpaired) electrons. The Hall–Kier alpha value is -2.41. The fourth-order valence-electron chi connectivity index (χ4n) is 3.18. The van der Waals surface area contributed by atoms with E-state index in [-0.39, 0.29) is 24.3 Å². The second-order valence-electron chi connectivity index (χ2n) is 6.69. The molecule has 2 rings (SSSR count). The molecule has 1 heterocycles. The summed E-state index contributed by atoms with van der Waals surface area (Å²) in [5.41, 5.74) is 1.12. The Bertz CT molecular complexity index is 635. The normalized spacial score (nSPS) is 21.0. The van der Waals surface area contributed by atoms with Crippen molar-refractivity contribution in [2.45, 2.75) is 51.3 Å². The van der Waals surface area contributed by atoms with E-state index < -0.39 is 18.2 Å². The number of nitrogens with zero attached hydrogens (tertiary/aromatic N) is 1. The van der Waals surface area contributed by atoms with Gasteiger partial charge in [0.15, 0.2) is 0 Å². The third kappa shape index (κ3) is 5.56. The number of hydrogen-bond donors (Lipinski definition) is 3. The van der Waals surface area contributed by atoms with Gasteiger partial charge in [0, 0.05) is 20.0 Å². The van der Waals surface area contributed by atoms with Crippen molar-refractivity contribution >= 4 is 17.7 Å². The number of benzene rings is 1. The summed E-state index contributed by atoms with van der Waals surface area (Å²) in [4.78, 5) is 37.8. The number of carbonyl (C=O) groups is 3. The molecule has 0 aliphatic carbocycles. The van der Waals surface area contributed by atoms with Crippen molar-refractivity contribution in [3.05, 3.63) is 35.9 Å². The van der Waals surface area contributed by atoms with Crippen molar-refractivity contribution in [3.63, 3.8) is 0 Å².